The molecule has 146 valence electrons. The van der Waals surface area contributed by atoms with Crippen molar-refractivity contribution in [3.05, 3.63) is 35.6 Å². The summed E-state index contributed by atoms with van der Waals surface area (Å²) in [5, 5.41) is 6.74. The summed E-state index contributed by atoms with van der Waals surface area (Å²) in [7, 11) is 1.76. The molecule has 2 fully saturated rings. The van der Waals surface area contributed by atoms with Gasteiger partial charge in [0, 0.05) is 31.7 Å². The van der Waals surface area contributed by atoms with E-state index in [1.165, 1.54) is 6.07 Å². The van der Waals surface area contributed by atoms with Crippen LogP contribution in [0.2, 0.25) is 0 Å². The third-order valence-corrected chi connectivity index (χ3v) is 4.96. The van der Waals surface area contributed by atoms with Gasteiger partial charge >= 0.3 is 0 Å². The van der Waals surface area contributed by atoms with Crippen molar-refractivity contribution in [3.8, 4) is 0 Å². The Hall–Kier alpha value is -0.930. The van der Waals surface area contributed by atoms with Gasteiger partial charge in [-0.05, 0) is 43.9 Å². The Morgan fingerprint density at radius 1 is 1.46 bits per heavy atom. The monoisotopic (exact) mass is 477 g/mol. The molecule has 2 atom stereocenters. The molecule has 26 heavy (non-hydrogen) atoms. The van der Waals surface area contributed by atoms with Gasteiger partial charge in [0.05, 0.1) is 19.3 Å². The van der Waals surface area contributed by atoms with Gasteiger partial charge in [0.1, 0.15) is 5.82 Å². The molecule has 3 rings (SSSR count). The van der Waals surface area contributed by atoms with Crippen molar-refractivity contribution in [1.82, 2.24) is 10.6 Å². The van der Waals surface area contributed by atoms with E-state index in [9.17, 15) is 4.39 Å². The molecule has 1 heterocycles. The molecule has 0 aromatic heterocycles. The second kappa shape index (κ2) is 9.85. The molecule has 1 aromatic carbocycles. The van der Waals surface area contributed by atoms with Crippen molar-refractivity contribution in [1.29, 1.82) is 0 Å². The van der Waals surface area contributed by atoms with Crippen LogP contribution >= 0.6 is 24.0 Å². The van der Waals surface area contributed by atoms with Crippen molar-refractivity contribution >= 4 is 29.9 Å². The lowest BCUT2D eigenvalue weighted by Gasteiger charge is -2.22. The fourth-order valence-corrected chi connectivity index (χ4v) is 3.18. The van der Waals surface area contributed by atoms with Crippen LogP contribution in [-0.4, -0.2) is 51.5 Å². The van der Waals surface area contributed by atoms with Crippen molar-refractivity contribution < 1.29 is 13.9 Å². The Kier molecular flexibility index (Phi) is 8.09. The first-order chi connectivity index (χ1) is 12.1. The van der Waals surface area contributed by atoms with Crippen molar-refractivity contribution in [2.24, 2.45) is 4.99 Å². The topological polar surface area (TPSA) is 54.9 Å². The minimum absolute atomic E-state index is 0. The molecule has 1 aromatic rings. The molecule has 1 saturated heterocycles. The number of rotatable bonds is 7. The van der Waals surface area contributed by atoms with Crippen LogP contribution in [0, 0.1) is 5.82 Å². The molecule has 2 N–H and O–H groups in total. The highest BCUT2D eigenvalue weighted by Gasteiger charge is 2.44. The van der Waals surface area contributed by atoms with Gasteiger partial charge in [0.25, 0.3) is 0 Å². The Morgan fingerprint density at radius 2 is 2.27 bits per heavy atom. The Labute approximate surface area is 172 Å². The van der Waals surface area contributed by atoms with Gasteiger partial charge in [-0.25, -0.2) is 4.39 Å². The van der Waals surface area contributed by atoms with Gasteiger partial charge in [0.2, 0.25) is 0 Å². The first kappa shape index (κ1) is 21.4. The third-order valence-electron chi connectivity index (χ3n) is 4.96. The van der Waals surface area contributed by atoms with Crippen LogP contribution in [-0.2, 0) is 14.9 Å². The fraction of sp³-hybridized carbons (Fsp3) is 0.632. The van der Waals surface area contributed by atoms with Gasteiger partial charge in [-0.3, -0.25) is 4.99 Å². The van der Waals surface area contributed by atoms with Gasteiger partial charge in [-0.2, -0.15) is 0 Å². The van der Waals surface area contributed by atoms with E-state index in [1.807, 2.05) is 6.07 Å². The quantitative estimate of drug-likeness (QED) is 0.361. The zero-order valence-corrected chi connectivity index (χ0v) is 17.8. The average molecular weight is 477 g/mol. The van der Waals surface area contributed by atoms with E-state index < -0.39 is 0 Å². The van der Waals surface area contributed by atoms with Crippen molar-refractivity contribution in [2.75, 3.05) is 33.4 Å². The van der Waals surface area contributed by atoms with E-state index in [4.69, 9.17) is 9.47 Å². The first-order valence-corrected chi connectivity index (χ1v) is 9.04. The van der Waals surface area contributed by atoms with E-state index in [2.05, 4.69) is 22.5 Å². The lowest BCUT2D eigenvalue weighted by atomic mass is 9.96. The predicted molar refractivity (Wildman–Crippen MR) is 112 cm³/mol. The number of hydrogen-bond donors (Lipinski definition) is 2. The molecular formula is C19H29FIN3O2. The van der Waals surface area contributed by atoms with E-state index in [1.54, 1.807) is 19.2 Å². The minimum atomic E-state index is -0.173. The molecule has 0 radical (unpaired) electrons. The molecule has 7 heteroatoms. The van der Waals surface area contributed by atoms with E-state index >= 15 is 0 Å². The van der Waals surface area contributed by atoms with E-state index in [0.717, 1.165) is 43.9 Å². The lowest BCUT2D eigenvalue weighted by Crippen LogP contribution is -2.46. The number of guanidine groups is 1. The molecule has 1 aliphatic carbocycles. The second-order valence-corrected chi connectivity index (χ2v) is 7.08. The smallest absolute Gasteiger partial charge is 0.191 e. The summed E-state index contributed by atoms with van der Waals surface area (Å²) in [4.78, 5) is 4.29. The van der Waals surface area contributed by atoms with Crippen LogP contribution in [0.4, 0.5) is 4.39 Å². The molecule has 5 nitrogen and oxygen atoms in total. The highest BCUT2D eigenvalue weighted by atomic mass is 127. The largest absolute Gasteiger partial charge is 0.379 e. The molecule has 0 bridgehead atoms. The van der Waals surface area contributed by atoms with Crippen LogP contribution < -0.4 is 10.6 Å². The third kappa shape index (κ3) is 5.79. The summed E-state index contributed by atoms with van der Waals surface area (Å²) < 4.78 is 24.7. The minimum Gasteiger partial charge on any atom is -0.379 e. The van der Waals surface area contributed by atoms with Crippen LogP contribution in [0.5, 0.6) is 0 Å². The molecular weight excluding hydrogens is 448 g/mol. The zero-order valence-electron chi connectivity index (χ0n) is 15.5. The molecule has 2 aliphatic rings. The van der Waals surface area contributed by atoms with E-state index in [0.29, 0.717) is 13.2 Å². The van der Waals surface area contributed by atoms with Crippen LogP contribution in [0.25, 0.3) is 0 Å². The van der Waals surface area contributed by atoms with Crippen LogP contribution in [0.3, 0.4) is 0 Å². The number of halogens is 2. The number of nitrogens with zero attached hydrogens (tertiary/aromatic N) is 1. The summed E-state index contributed by atoms with van der Waals surface area (Å²) in [6.07, 6.45) is 3.32. The number of aliphatic imine (C=N–C) groups is 1. The standard InChI is InChI=1S/C19H28FN3O2.HI/c1-14(11-25-17-6-9-24-12-17)23-18(21-2)22-13-19(7-8-19)15-4-3-5-16(20)10-15;/h3-5,10,14,17H,6-9,11-13H2,1-2H3,(H2,21,22,23);1H. The SMILES string of the molecule is CN=C(NCC1(c2cccc(F)c2)CC1)NC(C)COC1CCOC1.I. The maximum Gasteiger partial charge on any atom is 0.191 e. The average Bonchev–Trinajstić information content (AvgIpc) is 3.22. The predicted octanol–water partition coefficient (Wildman–Crippen LogP) is 2.83. The van der Waals surface area contributed by atoms with Crippen molar-refractivity contribution in [3.63, 3.8) is 0 Å². The van der Waals surface area contributed by atoms with Gasteiger partial charge in [-0.1, -0.05) is 12.1 Å². The number of hydrogen-bond acceptors (Lipinski definition) is 3. The Morgan fingerprint density at radius 3 is 2.88 bits per heavy atom. The normalized spacial score (nSPS) is 22.4. The van der Waals surface area contributed by atoms with Gasteiger partial charge in [-0.15, -0.1) is 24.0 Å². The lowest BCUT2D eigenvalue weighted by molar-refractivity contribution is 0.0347. The number of ether oxygens (including phenoxy) is 2. The second-order valence-electron chi connectivity index (χ2n) is 7.08. The summed E-state index contributed by atoms with van der Waals surface area (Å²) in [5.41, 5.74) is 1.09. The Bertz CT molecular complexity index is 604. The maximum absolute atomic E-state index is 13.5. The molecule has 1 aliphatic heterocycles. The van der Waals surface area contributed by atoms with Crippen molar-refractivity contribution in [2.45, 2.75) is 43.7 Å². The number of nitrogens with one attached hydrogen (secondary N) is 2. The fourth-order valence-electron chi connectivity index (χ4n) is 3.18. The summed E-state index contributed by atoms with van der Waals surface area (Å²) in [6.45, 7) is 4.92. The van der Waals surface area contributed by atoms with Crippen LogP contribution in [0.15, 0.2) is 29.3 Å². The first-order valence-electron chi connectivity index (χ1n) is 9.04. The summed E-state index contributed by atoms with van der Waals surface area (Å²) >= 11 is 0. The van der Waals surface area contributed by atoms with E-state index in [-0.39, 0.29) is 47.4 Å². The summed E-state index contributed by atoms with van der Waals surface area (Å²) in [6, 6.07) is 7.07. The highest BCUT2D eigenvalue weighted by molar-refractivity contribution is 14.0. The maximum atomic E-state index is 13.5. The molecule has 0 spiro atoms. The van der Waals surface area contributed by atoms with Gasteiger partial charge in [0.15, 0.2) is 5.96 Å². The summed E-state index contributed by atoms with van der Waals surface area (Å²) in [5.74, 6) is 0.578. The molecule has 0 amide bonds. The Balaban J connectivity index is 0.00000243. The molecule has 1 saturated carbocycles. The highest BCUT2D eigenvalue weighted by Crippen LogP contribution is 2.47. The van der Waals surface area contributed by atoms with Gasteiger partial charge < -0.3 is 20.1 Å². The number of benzene rings is 1. The zero-order chi connectivity index (χ0) is 17.7. The molecule has 2 unspecified atom stereocenters. The van der Waals surface area contributed by atoms with Crippen LogP contribution in [0.1, 0.15) is 31.7 Å².